The van der Waals surface area contributed by atoms with Crippen LogP contribution in [0.4, 0.5) is 0 Å². The number of aliphatic hydroxyl groups excluding tert-OH is 1. The maximum atomic E-state index is 12.3. The fraction of sp³-hybridized carbons (Fsp3) is 0.526. The van der Waals surface area contributed by atoms with Crippen LogP contribution in [0.15, 0.2) is 17.7 Å². The molecule has 3 N–H and O–H groups in total. The number of esters is 1. The molecule has 0 aromatic heterocycles. The Bertz CT molecular complexity index is 644. The molecule has 1 aliphatic rings. The standard InChI is InChI=1S/C19H26O5/c1-4-5-6-7-14-18(22)15-13(20)10-12(9-8-11(2)3)17(21)16(15)19(23)24-14/h8,10,14,18,20-22H,4-7,9H2,1-3H3/t14-,18+/m1/s1. The summed E-state index contributed by atoms with van der Waals surface area (Å²) in [7, 11) is 0. The van der Waals surface area contributed by atoms with E-state index in [9.17, 15) is 20.1 Å². The van der Waals surface area contributed by atoms with Crippen molar-refractivity contribution in [3.05, 3.63) is 34.4 Å². The second kappa shape index (κ2) is 7.71. The molecule has 5 heteroatoms. The third-order valence-corrected chi connectivity index (χ3v) is 4.33. The van der Waals surface area contributed by atoms with E-state index in [4.69, 9.17) is 4.74 Å². The van der Waals surface area contributed by atoms with Crippen molar-refractivity contribution in [3.8, 4) is 11.5 Å². The predicted molar refractivity (Wildman–Crippen MR) is 91.2 cm³/mol. The Hall–Kier alpha value is -2.01. The summed E-state index contributed by atoms with van der Waals surface area (Å²) >= 11 is 0. The van der Waals surface area contributed by atoms with E-state index in [1.165, 1.54) is 6.07 Å². The van der Waals surface area contributed by atoms with Gasteiger partial charge in [0.25, 0.3) is 0 Å². The molecule has 1 heterocycles. The quantitative estimate of drug-likeness (QED) is 0.319. The van der Waals surface area contributed by atoms with Crippen LogP contribution in [0, 0.1) is 0 Å². The fourth-order valence-corrected chi connectivity index (χ4v) is 2.96. The SMILES string of the molecule is CCCCC[C@H]1OC(=O)c2c(O)c(CC=C(C)C)cc(O)c2[C@H]1O. The molecule has 24 heavy (non-hydrogen) atoms. The van der Waals surface area contributed by atoms with Crippen molar-refractivity contribution in [2.24, 2.45) is 0 Å². The van der Waals surface area contributed by atoms with Gasteiger partial charge in [-0.1, -0.05) is 31.4 Å². The smallest absolute Gasteiger partial charge is 0.342 e. The minimum Gasteiger partial charge on any atom is -0.508 e. The predicted octanol–water partition coefficient (Wildman–Crippen LogP) is 3.76. The van der Waals surface area contributed by atoms with E-state index >= 15 is 0 Å². The molecule has 5 nitrogen and oxygen atoms in total. The Balaban J connectivity index is 2.37. The first-order chi connectivity index (χ1) is 11.4. The number of carbonyl (C=O) groups is 1. The highest BCUT2D eigenvalue weighted by molar-refractivity contribution is 5.97. The van der Waals surface area contributed by atoms with Gasteiger partial charge in [0.05, 0.1) is 0 Å². The van der Waals surface area contributed by atoms with Crippen molar-refractivity contribution in [1.82, 2.24) is 0 Å². The first-order valence-corrected chi connectivity index (χ1v) is 8.46. The summed E-state index contributed by atoms with van der Waals surface area (Å²) < 4.78 is 5.31. The number of allylic oxidation sites excluding steroid dienone is 2. The number of carbonyl (C=O) groups excluding carboxylic acids is 1. The molecule has 1 aromatic carbocycles. The topological polar surface area (TPSA) is 87.0 Å². The average molecular weight is 334 g/mol. The van der Waals surface area contributed by atoms with Crippen molar-refractivity contribution >= 4 is 5.97 Å². The lowest BCUT2D eigenvalue weighted by atomic mass is 9.89. The highest BCUT2D eigenvalue weighted by Gasteiger charge is 2.39. The summed E-state index contributed by atoms with van der Waals surface area (Å²) in [5.41, 5.74) is 1.45. The number of phenolic OH excluding ortho intramolecular Hbond substituents is 2. The normalized spacial score (nSPS) is 19.6. The van der Waals surface area contributed by atoms with E-state index in [1.807, 2.05) is 19.9 Å². The van der Waals surface area contributed by atoms with Gasteiger partial charge < -0.3 is 20.1 Å². The maximum absolute atomic E-state index is 12.3. The molecule has 1 aromatic rings. The number of ether oxygens (including phenoxy) is 1. The first-order valence-electron chi connectivity index (χ1n) is 8.46. The van der Waals surface area contributed by atoms with Crippen molar-refractivity contribution in [2.45, 2.75) is 65.1 Å². The van der Waals surface area contributed by atoms with E-state index in [2.05, 4.69) is 6.92 Å². The molecule has 0 bridgehead atoms. The lowest BCUT2D eigenvalue weighted by Gasteiger charge is -2.31. The van der Waals surface area contributed by atoms with Crippen LogP contribution in [-0.4, -0.2) is 27.4 Å². The lowest BCUT2D eigenvalue weighted by molar-refractivity contribution is -0.0343. The third kappa shape index (κ3) is 3.73. The molecule has 2 rings (SSSR count). The molecule has 0 saturated carbocycles. The number of aromatic hydroxyl groups is 2. The second-order valence-corrected chi connectivity index (χ2v) is 6.56. The van der Waals surface area contributed by atoms with Crippen LogP contribution < -0.4 is 0 Å². The summed E-state index contributed by atoms with van der Waals surface area (Å²) in [6, 6.07) is 1.42. The van der Waals surface area contributed by atoms with Gasteiger partial charge in [0, 0.05) is 11.1 Å². The van der Waals surface area contributed by atoms with E-state index in [-0.39, 0.29) is 22.6 Å². The van der Waals surface area contributed by atoms with E-state index in [1.54, 1.807) is 0 Å². The number of benzene rings is 1. The molecule has 0 fully saturated rings. The molecule has 0 spiro atoms. The van der Waals surface area contributed by atoms with Crippen molar-refractivity contribution < 1.29 is 24.9 Å². The van der Waals surface area contributed by atoms with E-state index in [0.717, 1.165) is 24.8 Å². The number of phenols is 2. The fourth-order valence-electron chi connectivity index (χ4n) is 2.96. The van der Waals surface area contributed by atoms with Gasteiger partial charge in [0.1, 0.15) is 29.3 Å². The minimum atomic E-state index is -1.13. The zero-order valence-corrected chi connectivity index (χ0v) is 14.5. The van der Waals surface area contributed by atoms with Gasteiger partial charge in [0.2, 0.25) is 0 Å². The molecule has 0 radical (unpaired) electrons. The first kappa shape index (κ1) is 18.3. The van der Waals surface area contributed by atoms with Crippen LogP contribution in [0.5, 0.6) is 11.5 Å². The third-order valence-electron chi connectivity index (χ3n) is 4.33. The van der Waals surface area contributed by atoms with E-state index < -0.39 is 18.2 Å². The van der Waals surface area contributed by atoms with E-state index in [0.29, 0.717) is 18.4 Å². The molecular formula is C19H26O5. The minimum absolute atomic E-state index is 0.0752. The number of rotatable bonds is 6. The summed E-state index contributed by atoms with van der Waals surface area (Å²) in [5.74, 6) is -1.09. The van der Waals surface area contributed by atoms with Crippen LogP contribution in [-0.2, 0) is 11.2 Å². The summed E-state index contributed by atoms with van der Waals surface area (Å²) in [6.07, 6.45) is 3.81. The van der Waals surface area contributed by atoms with Crippen LogP contribution in [0.1, 0.15) is 74.0 Å². The summed E-state index contributed by atoms with van der Waals surface area (Å²) in [6.45, 7) is 5.92. The van der Waals surface area contributed by atoms with Gasteiger partial charge >= 0.3 is 5.97 Å². The Morgan fingerprint density at radius 2 is 2.00 bits per heavy atom. The summed E-state index contributed by atoms with van der Waals surface area (Å²) in [5, 5.41) is 31.2. The zero-order chi connectivity index (χ0) is 17.9. The van der Waals surface area contributed by atoms with Crippen LogP contribution in [0.25, 0.3) is 0 Å². The van der Waals surface area contributed by atoms with Gasteiger partial charge in [0.15, 0.2) is 0 Å². The number of aliphatic hydroxyl groups is 1. The molecular weight excluding hydrogens is 308 g/mol. The average Bonchev–Trinajstić information content (AvgIpc) is 2.52. The van der Waals surface area contributed by atoms with Crippen molar-refractivity contribution in [2.75, 3.05) is 0 Å². The second-order valence-electron chi connectivity index (χ2n) is 6.56. The molecule has 0 amide bonds. The van der Waals surface area contributed by atoms with Gasteiger partial charge in [-0.25, -0.2) is 4.79 Å². The number of hydrogen-bond acceptors (Lipinski definition) is 5. The van der Waals surface area contributed by atoms with Gasteiger partial charge in [-0.15, -0.1) is 0 Å². The monoisotopic (exact) mass is 334 g/mol. The van der Waals surface area contributed by atoms with Crippen LogP contribution in [0.3, 0.4) is 0 Å². The van der Waals surface area contributed by atoms with Gasteiger partial charge in [-0.05, 0) is 39.2 Å². The Morgan fingerprint density at radius 3 is 2.62 bits per heavy atom. The Labute approximate surface area is 142 Å². The summed E-state index contributed by atoms with van der Waals surface area (Å²) in [4.78, 5) is 12.3. The number of unbranched alkanes of at least 4 members (excludes halogenated alkanes) is 2. The maximum Gasteiger partial charge on any atom is 0.342 e. The highest BCUT2D eigenvalue weighted by atomic mass is 16.6. The molecule has 132 valence electrons. The molecule has 1 aliphatic heterocycles. The van der Waals surface area contributed by atoms with Gasteiger partial charge in [-0.2, -0.15) is 0 Å². The molecule has 0 unspecified atom stereocenters. The number of fused-ring (bicyclic) bond motifs is 1. The molecule has 2 atom stereocenters. The Kier molecular flexibility index (Phi) is 5.89. The molecule has 0 aliphatic carbocycles. The van der Waals surface area contributed by atoms with Crippen molar-refractivity contribution in [1.29, 1.82) is 0 Å². The number of hydrogen-bond donors (Lipinski definition) is 3. The van der Waals surface area contributed by atoms with Gasteiger partial charge in [-0.3, -0.25) is 0 Å². The number of cyclic esters (lactones) is 1. The van der Waals surface area contributed by atoms with Crippen molar-refractivity contribution in [3.63, 3.8) is 0 Å². The largest absolute Gasteiger partial charge is 0.508 e. The van der Waals surface area contributed by atoms with Crippen LogP contribution in [0.2, 0.25) is 0 Å². The highest BCUT2D eigenvalue weighted by Crippen LogP contribution is 2.43. The lowest BCUT2D eigenvalue weighted by Crippen LogP contribution is -2.32. The zero-order valence-electron chi connectivity index (χ0n) is 14.5. The van der Waals surface area contributed by atoms with Crippen LogP contribution >= 0.6 is 0 Å². The molecule has 0 saturated heterocycles. The Morgan fingerprint density at radius 1 is 1.29 bits per heavy atom.